The average Bonchev–Trinajstić information content (AvgIpc) is 2.97. The molecule has 3 heterocycles. The zero-order valence-corrected chi connectivity index (χ0v) is 9.80. The van der Waals surface area contributed by atoms with E-state index in [9.17, 15) is 4.79 Å². The number of Topliss-reactive ketones (excluding diaryl/α,β-unsaturated/α-hetero) is 1. The summed E-state index contributed by atoms with van der Waals surface area (Å²) >= 11 is 0. The zero-order valence-electron chi connectivity index (χ0n) is 9.80. The van der Waals surface area contributed by atoms with Crippen LogP contribution in [0.1, 0.15) is 18.4 Å². The van der Waals surface area contributed by atoms with Crippen LogP contribution in [-0.4, -0.2) is 42.5 Å². The van der Waals surface area contributed by atoms with Crippen molar-refractivity contribution in [2.24, 2.45) is 0 Å². The van der Waals surface area contributed by atoms with E-state index in [0.29, 0.717) is 19.1 Å². The highest BCUT2D eigenvalue weighted by molar-refractivity contribution is 5.85. The Morgan fingerprint density at radius 3 is 3.29 bits per heavy atom. The largest absolute Gasteiger partial charge is 0.472 e. The van der Waals surface area contributed by atoms with Crippen molar-refractivity contribution >= 4 is 5.78 Å². The minimum atomic E-state index is -0.251. The lowest BCUT2D eigenvalue weighted by atomic mass is 10.1. The van der Waals surface area contributed by atoms with E-state index in [1.165, 1.54) is 12.8 Å². The molecule has 92 valence electrons. The van der Waals surface area contributed by atoms with Crippen molar-refractivity contribution in [2.45, 2.75) is 31.4 Å². The molecule has 0 spiro atoms. The number of furan rings is 1. The maximum Gasteiger partial charge on any atom is 0.167 e. The Morgan fingerprint density at radius 1 is 1.53 bits per heavy atom. The Bertz CT molecular complexity index is 387. The molecule has 4 nitrogen and oxygen atoms in total. The van der Waals surface area contributed by atoms with Crippen LogP contribution in [0.5, 0.6) is 0 Å². The molecule has 2 unspecified atom stereocenters. The highest BCUT2D eigenvalue weighted by atomic mass is 16.5. The summed E-state index contributed by atoms with van der Waals surface area (Å²) in [7, 11) is 0. The van der Waals surface area contributed by atoms with E-state index in [1.54, 1.807) is 12.5 Å². The summed E-state index contributed by atoms with van der Waals surface area (Å²) in [6, 6.07) is 2.38. The fraction of sp³-hybridized carbons (Fsp3) is 0.615. The molecule has 2 atom stereocenters. The van der Waals surface area contributed by atoms with Crippen LogP contribution in [0.15, 0.2) is 23.0 Å². The minimum Gasteiger partial charge on any atom is -0.472 e. The summed E-state index contributed by atoms with van der Waals surface area (Å²) in [5.41, 5.74) is 0.933. The van der Waals surface area contributed by atoms with Crippen molar-refractivity contribution in [1.82, 2.24) is 4.90 Å². The second-order valence-electron chi connectivity index (χ2n) is 4.89. The van der Waals surface area contributed by atoms with E-state index in [0.717, 1.165) is 18.7 Å². The fourth-order valence-corrected chi connectivity index (χ4v) is 2.72. The molecule has 0 amide bonds. The molecule has 0 aliphatic carbocycles. The first-order chi connectivity index (χ1) is 8.33. The van der Waals surface area contributed by atoms with Gasteiger partial charge in [-0.1, -0.05) is 0 Å². The van der Waals surface area contributed by atoms with E-state index in [-0.39, 0.29) is 11.9 Å². The standard InChI is InChI=1S/C13H17NO3/c15-12(6-10-3-5-16-8-10)13-7-14-4-1-2-11(14)9-17-13/h3,5,8,11,13H,1-2,4,6-7,9H2. The van der Waals surface area contributed by atoms with E-state index in [4.69, 9.17) is 9.15 Å². The van der Waals surface area contributed by atoms with Crippen LogP contribution in [0.2, 0.25) is 0 Å². The lowest BCUT2D eigenvalue weighted by Crippen LogP contribution is -2.49. The average molecular weight is 235 g/mol. The van der Waals surface area contributed by atoms with Gasteiger partial charge < -0.3 is 9.15 Å². The van der Waals surface area contributed by atoms with Gasteiger partial charge in [-0.05, 0) is 31.0 Å². The Balaban J connectivity index is 1.59. The maximum absolute atomic E-state index is 12.1. The van der Waals surface area contributed by atoms with Crippen molar-refractivity contribution in [3.63, 3.8) is 0 Å². The van der Waals surface area contributed by atoms with E-state index < -0.39 is 0 Å². The summed E-state index contributed by atoms with van der Waals surface area (Å²) < 4.78 is 10.6. The van der Waals surface area contributed by atoms with E-state index in [1.807, 2.05) is 6.07 Å². The number of morpholine rings is 1. The molecule has 0 saturated carbocycles. The first kappa shape index (κ1) is 11.0. The van der Waals surface area contributed by atoms with Gasteiger partial charge in [-0.2, -0.15) is 0 Å². The molecule has 0 N–H and O–H groups in total. The maximum atomic E-state index is 12.1. The first-order valence-electron chi connectivity index (χ1n) is 6.22. The van der Waals surface area contributed by atoms with Gasteiger partial charge in [0.2, 0.25) is 0 Å². The highest BCUT2D eigenvalue weighted by Crippen LogP contribution is 2.23. The summed E-state index contributed by atoms with van der Waals surface area (Å²) in [6.45, 7) is 2.59. The number of nitrogens with zero attached hydrogens (tertiary/aromatic N) is 1. The van der Waals surface area contributed by atoms with Gasteiger partial charge in [-0.3, -0.25) is 9.69 Å². The van der Waals surface area contributed by atoms with Gasteiger partial charge in [0.05, 0.1) is 19.1 Å². The molecule has 2 aliphatic heterocycles. The third kappa shape index (κ3) is 2.28. The van der Waals surface area contributed by atoms with Gasteiger partial charge in [-0.15, -0.1) is 0 Å². The van der Waals surface area contributed by atoms with Crippen molar-refractivity contribution in [3.8, 4) is 0 Å². The highest BCUT2D eigenvalue weighted by Gasteiger charge is 2.35. The number of ketones is 1. The Morgan fingerprint density at radius 2 is 2.47 bits per heavy atom. The van der Waals surface area contributed by atoms with E-state index in [2.05, 4.69) is 4.90 Å². The molecular formula is C13H17NO3. The number of hydrogen-bond donors (Lipinski definition) is 0. The van der Waals surface area contributed by atoms with Crippen LogP contribution < -0.4 is 0 Å². The van der Waals surface area contributed by atoms with Gasteiger partial charge in [0, 0.05) is 19.0 Å². The Kier molecular flexibility index (Phi) is 2.99. The summed E-state index contributed by atoms with van der Waals surface area (Å²) in [5.74, 6) is 0.164. The molecule has 4 heteroatoms. The van der Waals surface area contributed by atoms with Gasteiger partial charge in [0.15, 0.2) is 5.78 Å². The minimum absolute atomic E-state index is 0.164. The number of hydrogen-bond acceptors (Lipinski definition) is 4. The van der Waals surface area contributed by atoms with Crippen LogP contribution in [0.25, 0.3) is 0 Å². The van der Waals surface area contributed by atoms with Crippen LogP contribution in [-0.2, 0) is 16.0 Å². The number of rotatable bonds is 3. The lowest BCUT2D eigenvalue weighted by molar-refractivity contribution is -0.137. The first-order valence-corrected chi connectivity index (χ1v) is 6.22. The van der Waals surface area contributed by atoms with Gasteiger partial charge in [0.25, 0.3) is 0 Å². The van der Waals surface area contributed by atoms with Gasteiger partial charge in [0.1, 0.15) is 6.10 Å². The summed E-state index contributed by atoms with van der Waals surface area (Å²) in [4.78, 5) is 14.5. The monoisotopic (exact) mass is 235 g/mol. The van der Waals surface area contributed by atoms with Crippen LogP contribution in [0.3, 0.4) is 0 Å². The quantitative estimate of drug-likeness (QED) is 0.791. The number of ether oxygens (including phenoxy) is 1. The van der Waals surface area contributed by atoms with Crippen molar-refractivity contribution in [1.29, 1.82) is 0 Å². The topological polar surface area (TPSA) is 42.7 Å². The predicted molar refractivity (Wildman–Crippen MR) is 61.8 cm³/mol. The third-order valence-corrected chi connectivity index (χ3v) is 3.71. The van der Waals surface area contributed by atoms with Crippen LogP contribution in [0.4, 0.5) is 0 Å². The lowest BCUT2D eigenvalue weighted by Gasteiger charge is -2.34. The second-order valence-corrected chi connectivity index (χ2v) is 4.89. The van der Waals surface area contributed by atoms with Crippen molar-refractivity contribution in [2.75, 3.05) is 19.7 Å². The molecule has 2 aliphatic rings. The van der Waals surface area contributed by atoms with Crippen molar-refractivity contribution < 1.29 is 13.9 Å². The molecule has 0 bridgehead atoms. The molecular weight excluding hydrogens is 218 g/mol. The number of carbonyl (C=O) groups is 1. The molecule has 0 aromatic carbocycles. The van der Waals surface area contributed by atoms with Crippen molar-refractivity contribution in [3.05, 3.63) is 24.2 Å². The normalized spacial score (nSPS) is 29.2. The second kappa shape index (κ2) is 4.63. The summed E-state index contributed by atoms with van der Waals surface area (Å²) in [6.07, 6.45) is 5.83. The number of carbonyl (C=O) groups excluding carboxylic acids is 1. The Labute approximate surface area is 101 Å². The van der Waals surface area contributed by atoms with Gasteiger partial charge >= 0.3 is 0 Å². The fourth-order valence-electron chi connectivity index (χ4n) is 2.72. The zero-order chi connectivity index (χ0) is 11.7. The third-order valence-electron chi connectivity index (χ3n) is 3.71. The molecule has 1 aromatic rings. The molecule has 0 radical (unpaired) electrons. The molecule has 3 rings (SSSR count). The molecule has 2 fully saturated rings. The predicted octanol–water partition coefficient (Wildman–Crippen LogP) is 1.25. The smallest absolute Gasteiger partial charge is 0.167 e. The van der Waals surface area contributed by atoms with Gasteiger partial charge in [-0.25, -0.2) is 0 Å². The van der Waals surface area contributed by atoms with Crippen LogP contribution >= 0.6 is 0 Å². The number of fused-ring (bicyclic) bond motifs is 1. The molecule has 17 heavy (non-hydrogen) atoms. The molecule has 1 aromatic heterocycles. The Hall–Kier alpha value is -1.13. The molecule has 2 saturated heterocycles. The SMILES string of the molecule is O=C(Cc1ccoc1)C1CN2CCCC2CO1. The van der Waals surface area contributed by atoms with Crippen LogP contribution in [0, 0.1) is 0 Å². The summed E-state index contributed by atoms with van der Waals surface area (Å²) in [5, 5.41) is 0. The van der Waals surface area contributed by atoms with E-state index >= 15 is 0 Å².